The maximum absolute atomic E-state index is 12.4. The highest BCUT2D eigenvalue weighted by atomic mass is 32.1. The van der Waals surface area contributed by atoms with E-state index in [-0.39, 0.29) is 12.3 Å². The number of benzene rings is 2. The zero-order valence-corrected chi connectivity index (χ0v) is 15.5. The molecule has 0 saturated carbocycles. The number of anilines is 2. The zero-order valence-electron chi connectivity index (χ0n) is 14.7. The highest BCUT2D eigenvalue weighted by Crippen LogP contribution is 2.29. The number of amides is 1. The fourth-order valence-electron chi connectivity index (χ4n) is 2.64. The summed E-state index contributed by atoms with van der Waals surface area (Å²) in [7, 11) is 3.91. The van der Waals surface area contributed by atoms with Crippen LogP contribution in [0.5, 0.6) is 0 Å². The van der Waals surface area contributed by atoms with Crippen molar-refractivity contribution < 1.29 is 14.7 Å². The van der Waals surface area contributed by atoms with E-state index < -0.39 is 5.97 Å². The lowest BCUT2D eigenvalue weighted by Gasteiger charge is -2.12. The number of rotatable bonds is 6. The number of nitrogens with one attached hydrogen (secondary N) is 1. The molecule has 3 rings (SSSR count). The molecule has 0 unspecified atom stereocenters. The van der Waals surface area contributed by atoms with Crippen LogP contribution in [0.2, 0.25) is 0 Å². The molecule has 0 spiro atoms. The molecule has 6 heteroatoms. The Labute approximate surface area is 155 Å². The molecular formula is C20H20N2O3S. The van der Waals surface area contributed by atoms with Gasteiger partial charge >= 0.3 is 5.97 Å². The molecule has 0 aliphatic heterocycles. The molecular weight excluding hydrogens is 348 g/mol. The highest BCUT2D eigenvalue weighted by molar-refractivity contribution is 7.19. The van der Waals surface area contributed by atoms with Crippen molar-refractivity contribution in [2.75, 3.05) is 24.3 Å². The second kappa shape index (κ2) is 7.58. The molecule has 5 nitrogen and oxygen atoms in total. The van der Waals surface area contributed by atoms with Crippen LogP contribution >= 0.6 is 11.3 Å². The van der Waals surface area contributed by atoms with Gasteiger partial charge in [0.2, 0.25) is 0 Å². The lowest BCUT2D eigenvalue weighted by Crippen LogP contribution is -2.13. The Morgan fingerprint density at radius 3 is 2.46 bits per heavy atom. The van der Waals surface area contributed by atoms with Gasteiger partial charge in [-0.25, -0.2) is 0 Å². The van der Waals surface area contributed by atoms with Crippen molar-refractivity contribution in [2.24, 2.45) is 0 Å². The van der Waals surface area contributed by atoms with Crippen molar-refractivity contribution in [3.8, 4) is 0 Å². The summed E-state index contributed by atoms with van der Waals surface area (Å²) in [5.74, 6) is -0.952. The maximum atomic E-state index is 12.4. The van der Waals surface area contributed by atoms with Gasteiger partial charge in [0, 0.05) is 40.6 Å². The van der Waals surface area contributed by atoms with E-state index in [0.717, 1.165) is 26.3 Å². The zero-order chi connectivity index (χ0) is 18.7. The van der Waals surface area contributed by atoms with Crippen molar-refractivity contribution >= 4 is 44.7 Å². The largest absolute Gasteiger partial charge is 0.481 e. The molecule has 0 aliphatic rings. The van der Waals surface area contributed by atoms with Crippen molar-refractivity contribution in [2.45, 2.75) is 12.8 Å². The molecule has 2 N–H and O–H groups in total. The predicted octanol–water partition coefficient (Wildman–Crippen LogP) is 4.24. The lowest BCUT2D eigenvalue weighted by molar-refractivity contribution is -0.136. The third-order valence-electron chi connectivity index (χ3n) is 4.06. The van der Waals surface area contributed by atoms with E-state index in [4.69, 9.17) is 5.11 Å². The number of hydrogen-bond donors (Lipinski definition) is 2. The lowest BCUT2D eigenvalue weighted by atomic mass is 10.1. The van der Waals surface area contributed by atoms with Gasteiger partial charge in [0.05, 0.1) is 6.42 Å². The van der Waals surface area contributed by atoms with Crippen LogP contribution in [0.25, 0.3) is 10.1 Å². The number of aryl methyl sites for hydroxylation is 1. The van der Waals surface area contributed by atoms with E-state index in [1.54, 1.807) is 23.5 Å². The summed E-state index contributed by atoms with van der Waals surface area (Å²) < 4.78 is 1.08. The molecule has 0 fully saturated rings. The van der Waals surface area contributed by atoms with Crippen LogP contribution in [0.15, 0.2) is 48.5 Å². The predicted molar refractivity (Wildman–Crippen MR) is 107 cm³/mol. The van der Waals surface area contributed by atoms with Gasteiger partial charge in [-0.1, -0.05) is 0 Å². The molecule has 0 saturated heterocycles. The molecule has 0 atom stereocenters. The summed E-state index contributed by atoms with van der Waals surface area (Å²) in [5, 5.41) is 12.7. The van der Waals surface area contributed by atoms with E-state index in [0.29, 0.717) is 12.0 Å². The first-order valence-electron chi connectivity index (χ1n) is 8.25. The van der Waals surface area contributed by atoms with Crippen LogP contribution in [0.3, 0.4) is 0 Å². The number of thiophene rings is 1. The standard InChI is InChI=1S/C20H20N2O3S/c1-22(2)16-6-3-13(4-7-16)20(25)21-15-5-9-18-14(11-15)12-17(26-18)8-10-19(23)24/h3-7,9,11-12H,8,10H2,1-2H3,(H,21,25)(H,23,24). The van der Waals surface area contributed by atoms with Crippen LogP contribution in [-0.4, -0.2) is 31.1 Å². The fourth-order valence-corrected chi connectivity index (χ4v) is 3.69. The molecule has 0 bridgehead atoms. The van der Waals surface area contributed by atoms with Gasteiger partial charge in [0.1, 0.15) is 0 Å². The number of hydrogen-bond acceptors (Lipinski definition) is 4. The molecule has 1 aromatic heterocycles. The summed E-state index contributed by atoms with van der Waals surface area (Å²) in [4.78, 5) is 26.2. The minimum absolute atomic E-state index is 0.124. The molecule has 134 valence electrons. The van der Waals surface area contributed by atoms with Gasteiger partial charge < -0.3 is 15.3 Å². The van der Waals surface area contributed by atoms with E-state index in [1.165, 1.54) is 0 Å². The number of aliphatic carboxylic acids is 1. The average Bonchev–Trinajstić information content (AvgIpc) is 3.02. The molecule has 0 aliphatic carbocycles. The van der Waals surface area contributed by atoms with Crippen molar-refractivity contribution in [1.29, 1.82) is 0 Å². The Kier molecular flexibility index (Phi) is 5.23. The number of carboxylic acids is 1. The van der Waals surface area contributed by atoms with E-state index in [2.05, 4.69) is 5.32 Å². The van der Waals surface area contributed by atoms with Crippen LogP contribution < -0.4 is 10.2 Å². The third kappa shape index (κ3) is 4.21. The van der Waals surface area contributed by atoms with Crippen molar-refractivity contribution in [3.63, 3.8) is 0 Å². The van der Waals surface area contributed by atoms with Crippen LogP contribution in [0, 0.1) is 0 Å². The van der Waals surface area contributed by atoms with Gasteiger partial charge in [-0.15, -0.1) is 11.3 Å². The molecule has 0 radical (unpaired) electrons. The van der Waals surface area contributed by atoms with Crippen molar-refractivity contribution in [1.82, 2.24) is 0 Å². The number of carbonyl (C=O) groups is 2. The van der Waals surface area contributed by atoms with Gasteiger partial charge in [-0.2, -0.15) is 0 Å². The number of carbonyl (C=O) groups excluding carboxylic acids is 1. The smallest absolute Gasteiger partial charge is 0.303 e. The Morgan fingerprint density at radius 2 is 1.81 bits per heavy atom. The molecule has 3 aromatic rings. The van der Waals surface area contributed by atoms with E-state index >= 15 is 0 Å². The SMILES string of the molecule is CN(C)c1ccc(C(=O)Nc2ccc3sc(CCC(=O)O)cc3c2)cc1. The minimum atomic E-state index is -0.796. The minimum Gasteiger partial charge on any atom is -0.481 e. The first-order valence-corrected chi connectivity index (χ1v) is 9.07. The van der Waals surface area contributed by atoms with Gasteiger partial charge in [-0.05, 0) is 60.3 Å². The first-order chi connectivity index (χ1) is 12.4. The van der Waals surface area contributed by atoms with Gasteiger partial charge in [-0.3, -0.25) is 9.59 Å². The summed E-state index contributed by atoms with van der Waals surface area (Å²) in [6.45, 7) is 0. The Balaban J connectivity index is 1.73. The van der Waals surface area contributed by atoms with Crippen LogP contribution in [-0.2, 0) is 11.2 Å². The Morgan fingerprint density at radius 1 is 1.08 bits per heavy atom. The molecule has 26 heavy (non-hydrogen) atoms. The number of carboxylic acid groups (broad SMARTS) is 1. The maximum Gasteiger partial charge on any atom is 0.303 e. The second-order valence-electron chi connectivity index (χ2n) is 6.25. The van der Waals surface area contributed by atoms with Gasteiger partial charge in [0.15, 0.2) is 0 Å². The summed E-state index contributed by atoms with van der Waals surface area (Å²) in [6, 6.07) is 15.2. The summed E-state index contributed by atoms with van der Waals surface area (Å²) in [5.41, 5.74) is 2.36. The van der Waals surface area contributed by atoms with E-state index in [9.17, 15) is 9.59 Å². The molecule has 1 heterocycles. The fraction of sp³-hybridized carbons (Fsp3) is 0.200. The van der Waals surface area contributed by atoms with Crippen molar-refractivity contribution in [3.05, 3.63) is 59.0 Å². The molecule has 2 aromatic carbocycles. The monoisotopic (exact) mass is 368 g/mol. The van der Waals surface area contributed by atoms with Crippen LogP contribution in [0.4, 0.5) is 11.4 Å². The van der Waals surface area contributed by atoms with Gasteiger partial charge in [0.25, 0.3) is 5.91 Å². The third-order valence-corrected chi connectivity index (χ3v) is 5.23. The number of fused-ring (bicyclic) bond motifs is 1. The molecule has 1 amide bonds. The Bertz CT molecular complexity index is 945. The second-order valence-corrected chi connectivity index (χ2v) is 7.42. The highest BCUT2D eigenvalue weighted by Gasteiger charge is 2.09. The first kappa shape index (κ1) is 17.9. The number of nitrogens with zero attached hydrogens (tertiary/aromatic N) is 1. The quantitative estimate of drug-likeness (QED) is 0.683. The summed E-state index contributed by atoms with van der Waals surface area (Å²) in [6.07, 6.45) is 0.647. The average molecular weight is 368 g/mol. The topological polar surface area (TPSA) is 69.6 Å². The Hall–Kier alpha value is -2.86. The summed E-state index contributed by atoms with van der Waals surface area (Å²) >= 11 is 1.59. The van der Waals surface area contributed by atoms with Crippen LogP contribution in [0.1, 0.15) is 21.7 Å². The normalized spacial score (nSPS) is 10.7. The van der Waals surface area contributed by atoms with E-state index in [1.807, 2.05) is 55.4 Å².